The molecule has 1 saturated heterocycles. The standard InChI is InChI=1S/C42H48F3N3O7/c1-42(2,41(51)52)18-17-36(49)47-24-28-22-32(27-11-9-26(10-12-27)6-5-20-55-39-34(44)16-15-33(43)38(39)45)37(35(25-47)46-28)40(50)48(29-13-14-29)19-21-54-31-8-4-7-30(23-31)53-3/h4,7-12,15-16,23,28-29,35,46H,5-6,13-14,17-22,24-25H2,1-3H3,(H,51,52)/t28-,35-/m1/s1. The van der Waals surface area contributed by atoms with E-state index < -0.39 is 40.6 Å². The first kappa shape index (κ1) is 39.6. The Labute approximate surface area is 319 Å². The first-order chi connectivity index (χ1) is 26.3. The van der Waals surface area contributed by atoms with Gasteiger partial charge in [0.2, 0.25) is 11.7 Å². The maximum atomic E-state index is 14.7. The van der Waals surface area contributed by atoms with Crippen LogP contribution in [-0.2, 0) is 20.8 Å². The Morgan fingerprint density at radius 2 is 1.67 bits per heavy atom. The Hall–Kier alpha value is -5.04. The lowest BCUT2D eigenvalue weighted by Gasteiger charge is -2.45. The van der Waals surface area contributed by atoms with Crippen molar-refractivity contribution in [2.24, 2.45) is 5.41 Å². The minimum Gasteiger partial charge on any atom is -0.497 e. The van der Waals surface area contributed by atoms with E-state index >= 15 is 0 Å². The van der Waals surface area contributed by atoms with Gasteiger partial charge in [-0.05, 0) is 93.3 Å². The van der Waals surface area contributed by atoms with Gasteiger partial charge in [-0.15, -0.1) is 0 Å². The van der Waals surface area contributed by atoms with Gasteiger partial charge in [-0.3, -0.25) is 14.4 Å². The highest BCUT2D eigenvalue weighted by Crippen LogP contribution is 2.37. The van der Waals surface area contributed by atoms with Gasteiger partial charge in [-0.25, -0.2) is 8.78 Å². The summed E-state index contributed by atoms with van der Waals surface area (Å²) in [5, 5.41) is 13.2. The summed E-state index contributed by atoms with van der Waals surface area (Å²) in [5.41, 5.74) is 2.31. The molecule has 2 heterocycles. The van der Waals surface area contributed by atoms with Crippen LogP contribution in [0.2, 0.25) is 0 Å². The molecule has 3 aliphatic rings. The van der Waals surface area contributed by atoms with Crippen molar-refractivity contribution in [1.29, 1.82) is 0 Å². The Balaban J connectivity index is 1.20. The second-order valence-electron chi connectivity index (χ2n) is 15.1. The summed E-state index contributed by atoms with van der Waals surface area (Å²) >= 11 is 0. The second-order valence-corrected chi connectivity index (χ2v) is 15.1. The van der Waals surface area contributed by atoms with Crippen LogP contribution in [0.3, 0.4) is 0 Å². The number of fused-ring (bicyclic) bond motifs is 2. The van der Waals surface area contributed by atoms with Crippen molar-refractivity contribution in [3.8, 4) is 17.2 Å². The summed E-state index contributed by atoms with van der Waals surface area (Å²) in [7, 11) is 1.59. The predicted molar refractivity (Wildman–Crippen MR) is 199 cm³/mol. The summed E-state index contributed by atoms with van der Waals surface area (Å²) in [6.07, 6.45) is 3.52. The normalized spacial score (nSPS) is 18.2. The number of piperazine rings is 1. The molecule has 0 aromatic heterocycles. The average molecular weight is 764 g/mol. The zero-order chi connectivity index (χ0) is 39.3. The summed E-state index contributed by atoms with van der Waals surface area (Å²) in [6, 6.07) is 16.2. The highest BCUT2D eigenvalue weighted by Gasteiger charge is 2.43. The number of carbonyl (C=O) groups is 3. The van der Waals surface area contributed by atoms with E-state index in [1.54, 1.807) is 31.9 Å². The van der Waals surface area contributed by atoms with Gasteiger partial charge in [0.15, 0.2) is 17.4 Å². The number of aryl methyl sites for hydroxylation is 1. The van der Waals surface area contributed by atoms with Crippen molar-refractivity contribution in [3.05, 3.63) is 94.8 Å². The molecular formula is C42H48F3N3O7. The number of ether oxygens (including phenoxy) is 3. The number of carboxylic acid groups (broad SMARTS) is 1. The van der Waals surface area contributed by atoms with Crippen LogP contribution in [0, 0.1) is 22.9 Å². The number of carboxylic acids is 1. The molecule has 2 aliphatic heterocycles. The maximum absolute atomic E-state index is 14.7. The molecule has 2 fully saturated rings. The van der Waals surface area contributed by atoms with Gasteiger partial charge in [0.05, 0.1) is 31.7 Å². The fourth-order valence-electron chi connectivity index (χ4n) is 7.16. The van der Waals surface area contributed by atoms with E-state index in [1.165, 1.54) is 0 Å². The lowest BCUT2D eigenvalue weighted by atomic mass is 9.82. The third-order valence-electron chi connectivity index (χ3n) is 10.6. The number of aliphatic carboxylic acids is 1. The average Bonchev–Trinajstić information content (AvgIpc) is 4.02. The van der Waals surface area contributed by atoms with Crippen LogP contribution in [0.5, 0.6) is 17.2 Å². The van der Waals surface area contributed by atoms with Crippen LogP contribution in [0.1, 0.15) is 63.5 Å². The molecule has 55 heavy (non-hydrogen) atoms. The Bertz CT molecular complexity index is 1910. The summed E-state index contributed by atoms with van der Waals surface area (Å²) < 4.78 is 58.1. The summed E-state index contributed by atoms with van der Waals surface area (Å²) in [6.45, 7) is 4.55. The molecule has 294 valence electrons. The number of nitrogens with zero attached hydrogens (tertiary/aromatic N) is 2. The molecule has 3 aromatic rings. The van der Waals surface area contributed by atoms with E-state index in [1.807, 2.05) is 47.4 Å². The van der Waals surface area contributed by atoms with E-state index in [2.05, 4.69) is 5.32 Å². The zero-order valence-corrected chi connectivity index (χ0v) is 31.4. The molecule has 10 nitrogen and oxygen atoms in total. The lowest BCUT2D eigenvalue weighted by molar-refractivity contribution is -0.148. The minimum absolute atomic E-state index is 0.0145. The number of nitrogens with one attached hydrogen (secondary N) is 1. The fourth-order valence-corrected chi connectivity index (χ4v) is 7.16. The molecule has 1 saturated carbocycles. The van der Waals surface area contributed by atoms with Gasteiger partial charge < -0.3 is 34.4 Å². The number of halogens is 3. The Morgan fingerprint density at radius 1 is 0.945 bits per heavy atom. The van der Waals surface area contributed by atoms with Crippen LogP contribution in [0.25, 0.3) is 5.57 Å². The maximum Gasteiger partial charge on any atom is 0.309 e. The quantitative estimate of drug-likeness (QED) is 0.120. The number of amides is 2. The van der Waals surface area contributed by atoms with Crippen molar-refractivity contribution in [2.75, 3.05) is 40.0 Å². The Kier molecular flexibility index (Phi) is 12.4. The smallest absolute Gasteiger partial charge is 0.309 e. The van der Waals surface area contributed by atoms with Gasteiger partial charge in [0.1, 0.15) is 18.1 Å². The zero-order valence-electron chi connectivity index (χ0n) is 31.4. The molecule has 0 spiro atoms. The van der Waals surface area contributed by atoms with E-state index in [-0.39, 0.29) is 56.5 Å². The highest BCUT2D eigenvalue weighted by atomic mass is 19.2. The molecule has 2 atom stereocenters. The van der Waals surface area contributed by atoms with Crippen molar-refractivity contribution in [3.63, 3.8) is 0 Å². The number of benzene rings is 3. The van der Waals surface area contributed by atoms with Crippen LogP contribution in [0.4, 0.5) is 13.2 Å². The number of carbonyl (C=O) groups excluding carboxylic acids is 2. The number of methoxy groups -OCH3 is 1. The van der Waals surface area contributed by atoms with Gasteiger partial charge in [-0.2, -0.15) is 4.39 Å². The third-order valence-corrected chi connectivity index (χ3v) is 10.6. The molecule has 13 heteroatoms. The molecule has 2 bridgehead atoms. The minimum atomic E-state index is -1.35. The van der Waals surface area contributed by atoms with E-state index in [0.717, 1.165) is 35.6 Å². The molecule has 3 aromatic carbocycles. The van der Waals surface area contributed by atoms with E-state index in [0.29, 0.717) is 55.5 Å². The first-order valence-corrected chi connectivity index (χ1v) is 18.8. The second kappa shape index (κ2) is 17.2. The van der Waals surface area contributed by atoms with E-state index in [4.69, 9.17) is 14.2 Å². The molecule has 6 rings (SSSR count). The van der Waals surface area contributed by atoms with Crippen LogP contribution >= 0.6 is 0 Å². The highest BCUT2D eigenvalue weighted by molar-refractivity contribution is 6.03. The van der Waals surface area contributed by atoms with E-state index in [9.17, 15) is 32.7 Å². The summed E-state index contributed by atoms with van der Waals surface area (Å²) in [4.78, 5) is 43.6. The number of hydrogen-bond acceptors (Lipinski definition) is 7. The van der Waals surface area contributed by atoms with Crippen LogP contribution < -0.4 is 19.5 Å². The van der Waals surface area contributed by atoms with Crippen molar-refractivity contribution >= 4 is 23.4 Å². The van der Waals surface area contributed by atoms with Gasteiger partial charge >= 0.3 is 5.97 Å². The molecular weight excluding hydrogens is 715 g/mol. The van der Waals surface area contributed by atoms with Gasteiger partial charge in [0.25, 0.3) is 5.91 Å². The molecule has 2 N–H and O–H groups in total. The fraction of sp³-hybridized carbons (Fsp3) is 0.452. The molecule has 1 aliphatic carbocycles. The number of rotatable bonds is 17. The van der Waals surface area contributed by atoms with Crippen molar-refractivity contribution < 1.29 is 46.9 Å². The topological polar surface area (TPSA) is 118 Å². The molecule has 0 radical (unpaired) electrons. The van der Waals surface area contributed by atoms with Crippen LogP contribution in [-0.4, -0.2) is 90.8 Å². The Morgan fingerprint density at radius 3 is 2.38 bits per heavy atom. The predicted octanol–water partition coefficient (Wildman–Crippen LogP) is 6.41. The molecule has 0 unspecified atom stereocenters. The largest absolute Gasteiger partial charge is 0.497 e. The molecule has 2 amide bonds. The number of hydrogen-bond donors (Lipinski definition) is 2. The third kappa shape index (κ3) is 9.62. The van der Waals surface area contributed by atoms with Gasteiger partial charge in [0, 0.05) is 43.2 Å². The van der Waals surface area contributed by atoms with Crippen LogP contribution in [0.15, 0.2) is 66.2 Å². The first-order valence-electron chi connectivity index (χ1n) is 18.8. The SMILES string of the molecule is COc1cccc(OCCN(C(=O)C2=C(c3ccc(CCCOc4c(F)ccc(F)c4F)cc3)C[C@@H]3CN(C(=O)CCC(C)(C)C(=O)O)C[C@H]2N3)C2CC2)c1. The van der Waals surface area contributed by atoms with Crippen molar-refractivity contribution in [1.82, 2.24) is 15.1 Å². The monoisotopic (exact) mass is 763 g/mol. The van der Waals surface area contributed by atoms with Crippen molar-refractivity contribution in [2.45, 2.75) is 76.9 Å². The summed E-state index contributed by atoms with van der Waals surface area (Å²) in [5.74, 6) is -4.12. The lowest BCUT2D eigenvalue weighted by Crippen LogP contribution is -2.62. The van der Waals surface area contributed by atoms with Gasteiger partial charge in [-0.1, -0.05) is 30.3 Å².